The van der Waals surface area contributed by atoms with Crippen LogP contribution in [-0.4, -0.2) is 48.1 Å². The summed E-state index contributed by atoms with van der Waals surface area (Å²) in [4.78, 5) is 2.83. The van der Waals surface area contributed by atoms with Gasteiger partial charge in [-0.1, -0.05) is 26.7 Å². The van der Waals surface area contributed by atoms with Gasteiger partial charge in [-0.3, -0.25) is 4.90 Å². The van der Waals surface area contributed by atoms with Crippen LogP contribution in [0.1, 0.15) is 46.0 Å². The average Bonchev–Trinajstić information content (AvgIpc) is 2.79. The van der Waals surface area contributed by atoms with E-state index in [1.807, 2.05) is 11.8 Å². The van der Waals surface area contributed by atoms with Crippen molar-refractivity contribution in [2.45, 2.75) is 57.5 Å². The first-order chi connectivity index (χ1) is 8.66. The van der Waals surface area contributed by atoms with Gasteiger partial charge in [-0.15, -0.1) is 0 Å². The summed E-state index contributed by atoms with van der Waals surface area (Å²) in [5, 5.41) is 3.84. The summed E-state index contributed by atoms with van der Waals surface area (Å²) in [7, 11) is 0. The molecule has 1 aliphatic carbocycles. The molecular weight excluding hydrogens is 240 g/mol. The third kappa shape index (κ3) is 3.43. The molecule has 106 valence electrons. The summed E-state index contributed by atoms with van der Waals surface area (Å²) in [5.74, 6) is 2.10. The number of hydrogen-bond acceptors (Lipinski definition) is 3. The Morgan fingerprint density at radius 2 is 2.06 bits per heavy atom. The molecule has 1 spiro atoms. The quantitative estimate of drug-likeness (QED) is 0.827. The maximum Gasteiger partial charge on any atom is 0.0335 e. The highest BCUT2D eigenvalue weighted by Crippen LogP contribution is 2.37. The number of hydrogen-bond donors (Lipinski definition) is 1. The Morgan fingerprint density at radius 1 is 1.33 bits per heavy atom. The smallest absolute Gasteiger partial charge is 0.0335 e. The monoisotopic (exact) mass is 270 g/mol. The molecule has 1 saturated carbocycles. The number of nitrogens with one attached hydrogen (secondary N) is 1. The summed E-state index contributed by atoms with van der Waals surface area (Å²) in [6.45, 7) is 8.48. The maximum absolute atomic E-state index is 3.84. The maximum atomic E-state index is 3.84. The summed E-state index contributed by atoms with van der Waals surface area (Å²) in [6.07, 6.45) is 9.27. The Labute approximate surface area is 117 Å². The lowest BCUT2D eigenvalue weighted by Crippen LogP contribution is -2.64. The van der Waals surface area contributed by atoms with E-state index < -0.39 is 0 Å². The molecule has 2 nitrogen and oxygen atoms in total. The predicted octanol–water partition coefficient (Wildman–Crippen LogP) is 2.98. The van der Waals surface area contributed by atoms with Crippen molar-refractivity contribution in [3.05, 3.63) is 0 Å². The number of thioether (sulfide) groups is 1. The zero-order valence-electron chi connectivity index (χ0n) is 12.4. The van der Waals surface area contributed by atoms with E-state index in [4.69, 9.17) is 0 Å². The molecule has 0 bridgehead atoms. The van der Waals surface area contributed by atoms with Crippen LogP contribution in [-0.2, 0) is 0 Å². The molecule has 3 heteroatoms. The van der Waals surface area contributed by atoms with E-state index in [0.29, 0.717) is 5.54 Å². The van der Waals surface area contributed by atoms with Gasteiger partial charge in [-0.05, 0) is 31.4 Å². The molecule has 1 atom stereocenters. The Kier molecular flexibility index (Phi) is 5.40. The van der Waals surface area contributed by atoms with E-state index in [0.717, 1.165) is 12.0 Å². The van der Waals surface area contributed by atoms with Gasteiger partial charge in [0.2, 0.25) is 0 Å². The molecule has 1 saturated heterocycles. The van der Waals surface area contributed by atoms with E-state index in [2.05, 4.69) is 30.3 Å². The van der Waals surface area contributed by atoms with Gasteiger partial charge in [0.1, 0.15) is 0 Å². The van der Waals surface area contributed by atoms with Gasteiger partial charge < -0.3 is 5.32 Å². The van der Waals surface area contributed by atoms with Crippen molar-refractivity contribution in [1.29, 1.82) is 0 Å². The zero-order chi connectivity index (χ0) is 13.0. The summed E-state index contributed by atoms with van der Waals surface area (Å²) in [5.41, 5.74) is 0.517. The minimum Gasteiger partial charge on any atom is -0.311 e. The fourth-order valence-electron chi connectivity index (χ4n) is 3.75. The highest BCUT2D eigenvalue weighted by molar-refractivity contribution is 7.98. The van der Waals surface area contributed by atoms with Crippen molar-refractivity contribution < 1.29 is 0 Å². The van der Waals surface area contributed by atoms with E-state index in [-0.39, 0.29) is 0 Å². The first-order valence-corrected chi connectivity index (χ1v) is 9.03. The topological polar surface area (TPSA) is 15.3 Å². The molecular formula is C15H30N2S. The molecule has 2 aliphatic rings. The van der Waals surface area contributed by atoms with Crippen LogP contribution in [0.2, 0.25) is 0 Å². The lowest BCUT2D eigenvalue weighted by molar-refractivity contribution is 0.0446. The number of piperazine rings is 1. The number of rotatable bonds is 5. The average molecular weight is 270 g/mol. The second-order valence-corrected chi connectivity index (χ2v) is 7.56. The van der Waals surface area contributed by atoms with Crippen LogP contribution in [0.25, 0.3) is 0 Å². The van der Waals surface area contributed by atoms with E-state index >= 15 is 0 Å². The van der Waals surface area contributed by atoms with Gasteiger partial charge in [0.05, 0.1) is 0 Å². The Hall–Kier alpha value is 0.270. The molecule has 1 unspecified atom stereocenters. The van der Waals surface area contributed by atoms with E-state index in [9.17, 15) is 0 Å². The molecule has 1 aliphatic heterocycles. The van der Waals surface area contributed by atoms with Crippen molar-refractivity contribution >= 4 is 11.8 Å². The van der Waals surface area contributed by atoms with Gasteiger partial charge in [0.25, 0.3) is 0 Å². The van der Waals surface area contributed by atoms with Gasteiger partial charge in [0.15, 0.2) is 0 Å². The zero-order valence-corrected chi connectivity index (χ0v) is 13.2. The molecule has 0 radical (unpaired) electrons. The normalized spacial score (nSPS) is 28.3. The number of nitrogens with zero attached hydrogens (tertiary/aromatic N) is 1. The van der Waals surface area contributed by atoms with Crippen molar-refractivity contribution in [3.8, 4) is 0 Å². The van der Waals surface area contributed by atoms with Crippen LogP contribution < -0.4 is 5.32 Å². The van der Waals surface area contributed by atoms with E-state index in [1.54, 1.807) is 0 Å². The molecule has 0 aromatic carbocycles. The second-order valence-electron chi connectivity index (χ2n) is 6.58. The summed E-state index contributed by atoms with van der Waals surface area (Å²) >= 11 is 1.99. The standard InChI is InChI=1S/C15H30N2S/c1-13(2)10-14-11-17(8-9-18-3)15(12-16-14)6-4-5-7-15/h13-14,16H,4-12H2,1-3H3. The lowest BCUT2D eigenvalue weighted by Gasteiger charge is -2.48. The summed E-state index contributed by atoms with van der Waals surface area (Å²) < 4.78 is 0. The van der Waals surface area contributed by atoms with Crippen LogP contribution in [0.15, 0.2) is 0 Å². The SMILES string of the molecule is CSCCN1CC(CC(C)C)NCC12CCCC2. The molecule has 2 rings (SSSR count). The van der Waals surface area contributed by atoms with Gasteiger partial charge in [-0.2, -0.15) is 11.8 Å². The second kappa shape index (κ2) is 6.62. The molecule has 2 fully saturated rings. The molecule has 1 N–H and O–H groups in total. The van der Waals surface area contributed by atoms with Gasteiger partial charge >= 0.3 is 0 Å². The Balaban J connectivity index is 1.96. The highest BCUT2D eigenvalue weighted by atomic mass is 32.2. The van der Waals surface area contributed by atoms with Crippen molar-refractivity contribution in [3.63, 3.8) is 0 Å². The fourth-order valence-corrected chi connectivity index (χ4v) is 4.16. The van der Waals surface area contributed by atoms with E-state index in [1.165, 1.54) is 57.5 Å². The molecule has 18 heavy (non-hydrogen) atoms. The molecule has 1 heterocycles. The molecule has 0 aromatic rings. The third-order valence-corrected chi connectivity index (χ3v) is 5.28. The van der Waals surface area contributed by atoms with Gasteiger partial charge in [0, 0.05) is 37.0 Å². The van der Waals surface area contributed by atoms with Crippen molar-refractivity contribution in [2.75, 3.05) is 31.6 Å². The lowest BCUT2D eigenvalue weighted by atomic mass is 9.89. The van der Waals surface area contributed by atoms with Gasteiger partial charge in [-0.25, -0.2) is 0 Å². The third-order valence-electron chi connectivity index (χ3n) is 4.69. The minimum absolute atomic E-state index is 0.517. The van der Waals surface area contributed by atoms with Crippen molar-refractivity contribution in [2.24, 2.45) is 5.92 Å². The van der Waals surface area contributed by atoms with Crippen LogP contribution in [0.4, 0.5) is 0 Å². The highest BCUT2D eigenvalue weighted by Gasteiger charge is 2.42. The largest absolute Gasteiger partial charge is 0.311 e. The Bertz CT molecular complexity index is 249. The van der Waals surface area contributed by atoms with Crippen LogP contribution in [0.3, 0.4) is 0 Å². The first kappa shape index (κ1) is 14.7. The molecule has 0 amide bonds. The predicted molar refractivity (Wildman–Crippen MR) is 82.4 cm³/mol. The Morgan fingerprint density at radius 3 is 2.67 bits per heavy atom. The first-order valence-electron chi connectivity index (χ1n) is 7.64. The summed E-state index contributed by atoms with van der Waals surface area (Å²) in [6, 6.07) is 0.720. The van der Waals surface area contributed by atoms with Crippen molar-refractivity contribution in [1.82, 2.24) is 10.2 Å². The minimum atomic E-state index is 0.517. The van der Waals surface area contributed by atoms with Crippen LogP contribution >= 0.6 is 11.8 Å². The molecule has 0 aromatic heterocycles. The fraction of sp³-hybridized carbons (Fsp3) is 1.00. The van der Waals surface area contributed by atoms with Crippen LogP contribution in [0.5, 0.6) is 0 Å². The van der Waals surface area contributed by atoms with Crippen LogP contribution in [0, 0.1) is 5.92 Å².